The SMILES string of the molecule is CC(=O)C=C(C)O.CC(=O)C=C(C)O.CC(=O)C=C(C)O.CC(=O)C=C(C)O.Fc1ccc[c-]c1-c1nc2ccccc2o1.[Ir].[Ir].[Ir].[Ir].[Ir].[c-]1c(-c2ccccn2)ccc2ccccc12.[c-]1c(-c2ccccn2)ccc2ccccc12.[c-]1c(-c2ccccn2)sc2ccccc12.[c-]1ccc2ccccc2c1-c1nc2ccccc2s1. The maximum Gasteiger partial charge on any atom is 0.155 e. The van der Waals surface area contributed by atoms with Crippen LogP contribution in [0.1, 0.15) is 55.4 Å². The van der Waals surface area contributed by atoms with E-state index in [1.54, 1.807) is 53.3 Å². The van der Waals surface area contributed by atoms with Gasteiger partial charge in [0.05, 0.1) is 34.1 Å². The van der Waals surface area contributed by atoms with Crippen LogP contribution in [0.3, 0.4) is 0 Å². The predicted octanol–water partition coefficient (Wildman–Crippen LogP) is 23.7. The van der Waals surface area contributed by atoms with Gasteiger partial charge in [0.2, 0.25) is 0 Å². The number of aliphatic hydroxyl groups excluding tert-OH is 4. The number of aliphatic hydroxyl groups is 4. The molecule has 16 aromatic rings. The summed E-state index contributed by atoms with van der Waals surface area (Å²) in [4.78, 5) is 63.1. The molecule has 0 aliphatic carbocycles. The third-order valence-corrected chi connectivity index (χ3v) is 16.8. The van der Waals surface area contributed by atoms with E-state index in [-0.39, 0.29) is 164 Å². The van der Waals surface area contributed by atoms with Crippen molar-refractivity contribution >= 4 is 110 Å². The number of thiazole rings is 1. The molecule has 6 aromatic heterocycles. The normalized spacial score (nSPS) is 10.4. The number of nitrogens with zero attached hydrogens (tertiary/aromatic N) is 5. The van der Waals surface area contributed by atoms with Gasteiger partial charge in [-0.2, -0.15) is 11.3 Å². The summed E-state index contributed by atoms with van der Waals surface area (Å²) in [6, 6.07) is 99.7. The molecule has 0 spiro atoms. The molecule has 0 saturated heterocycles. The molecule has 0 unspecified atom stereocenters. The molecule has 4 N–H and O–H groups in total. The second-order valence-corrected chi connectivity index (χ2v) is 26.1. The molecule has 0 fully saturated rings. The van der Waals surface area contributed by atoms with Gasteiger partial charge >= 0.3 is 0 Å². The van der Waals surface area contributed by atoms with Crippen molar-refractivity contribution in [3.63, 3.8) is 0 Å². The number of allylic oxidation sites excluding steroid dienone is 8. The molecule has 597 valence electrons. The van der Waals surface area contributed by atoms with E-state index in [4.69, 9.17) is 29.8 Å². The van der Waals surface area contributed by atoms with Crippen LogP contribution in [-0.4, -0.2) is 68.5 Å². The third kappa shape index (κ3) is 33.6. The smallest absolute Gasteiger partial charge is 0.155 e. The summed E-state index contributed by atoms with van der Waals surface area (Å²) >= 11 is 3.46. The van der Waals surface area contributed by atoms with E-state index in [0.29, 0.717) is 11.1 Å². The van der Waals surface area contributed by atoms with E-state index >= 15 is 0 Å². The van der Waals surface area contributed by atoms with Crippen molar-refractivity contribution in [2.45, 2.75) is 55.4 Å². The molecule has 16 rings (SSSR count). The van der Waals surface area contributed by atoms with Crippen LogP contribution in [0.5, 0.6) is 0 Å². The monoisotopic (exact) mass is 2460 g/mol. The average molecular weight is 2450 g/mol. The van der Waals surface area contributed by atoms with Gasteiger partial charge in [-0.1, -0.05) is 166 Å². The topological polar surface area (TPSA) is 227 Å². The Labute approximate surface area is 743 Å². The summed E-state index contributed by atoms with van der Waals surface area (Å²) < 4.78 is 21.4. The van der Waals surface area contributed by atoms with Gasteiger partial charge in [-0.3, -0.25) is 43.5 Å². The molecule has 22 heteroatoms. The Bertz CT molecular complexity index is 5520. The molecule has 115 heavy (non-hydrogen) atoms. The first-order chi connectivity index (χ1) is 53.1. The Morgan fingerprint density at radius 3 is 1.23 bits per heavy atom. The van der Waals surface area contributed by atoms with Gasteiger partial charge < -0.3 is 29.8 Å². The number of halogens is 1. The first-order valence-electron chi connectivity index (χ1n) is 34.3. The number of hydrogen-bond acceptors (Lipinski definition) is 16. The Kier molecular flexibility index (Phi) is 45.0. The van der Waals surface area contributed by atoms with E-state index in [9.17, 15) is 23.6 Å². The minimum atomic E-state index is -0.381. The van der Waals surface area contributed by atoms with Gasteiger partial charge in [0.1, 0.15) is 11.5 Å². The number of thiophene rings is 1. The quantitative estimate of drug-likeness (QED) is 0.0599. The van der Waals surface area contributed by atoms with Crippen molar-refractivity contribution in [3.8, 4) is 55.1 Å². The Morgan fingerprint density at radius 1 is 0.374 bits per heavy atom. The standard InChI is InChI=1S/C17H10NS.2C15H10N.C13H7FNO.C13H8NS.4C5H8O2.5Ir/c1-2-8-13-12(6-1)7-5-9-14(13)17-18-15-10-3-4-11-16(15)19-17;2*1-2-6-13-11-14(9-8-12(13)5-1)15-7-3-4-10-16-15;14-10-6-2-1-5-9(10)13-15-11-7-3-4-8-12(11)16-13;1-2-7-12-10(5-1)9-13(15-12)11-6-3-4-8-14-11;4*1-4(6)3-5(2)7;;;;;/h1-8,10-11H;2*1-10H;1-4,6-8H;1-8H;4*3,6H,1-2H3;;;;;/q5*-1;;;;;;;;;. The van der Waals surface area contributed by atoms with Gasteiger partial charge in [0, 0.05) is 176 Å². The van der Waals surface area contributed by atoms with Gasteiger partial charge in [-0.15, -0.1) is 136 Å². The van der Waals surface area contributed by atoms with Crippen molar-refractivity contribution in [2.75, 3.05) is 0 Å². The summed E-state index contributed by atoms with van der Waals surface area (Å²) in [5.41, 5.74) is 8.80. The molecule has 0 amide bonds. The van der Waals surface area contributed by atoms with E-state index in [1.807, 2.05) is 121 Å². The molecular weight excluding hydrogens is 2380 g/mol. The number of ketones is 4. The maximum atomic E-state index is 13.5. The fourth-order valence-electron chi connectivity index (χ4n) is 10.2. The number of fused-ring (bicyclic) bond motifs is 6. The molecule has 5 radical (unpaired) electrons. The second-order valence-electron chi connectivity index (χ2n) is 24.0. The van der Waals surface area contributed by atoms with Gasteiger partial charge in [0.15, 0.2) is 23.1 Å². The Balaban J connectivity index is 0.000000341. The molecule has 0 saturated carbocycles. The number of pyridine rings is 3. The number of oxazole rings is 1. The molecule has 6 heterocycles. The molecular formula is C93H77FIr5N5O9S2-5. The van der Waals surface area contributed by atoms with Crippen LogP contribution in [0.2, 0.25) is 0 Å². The zero-order valence-electron chi connectivity index (χ0n) is 63.2. The zero-order valence-corrected chi connectivity index (χ0v) is 76.8. The zero-order chi connectivity index (χ0) is 78.7. The van der Waals surface area contributed by atoms with Crippen LogP contribution in [0.15, 0.2) is 325 Å². The van der Waals surface area contributed by atoms with E-state index in [2.05, 4.69) is 166 Å². The summed E-state index contributed by atoms with van der Waals surface area (Å²) in [5, 5.41) is 42.8. The van der Waals surface area contributed by atoms with Crippen molar-refractivity contribution < 1.29 is 149 Å². The van der Waals surface area contributed by atoms with Crippen LogP contribution in [0.4, 0.5) is 4.39 Å². The minimum Gasteiger partial charge on any atom is -0.512 e. The molecule has 0 bridgehead atoms. The first kappa shape index (κ1) is 99.0. The van der Waals surface area contributed by atoms with Crippen LogP contribution in [0, 0.1) is 36.1 Å². The van der Waals surface area contributed by atoms with Crippen molar-refractivity contribution in [1.29, 1.82) is 0 Å². The maximum absolute atomic E-state index is 13.5. The van der Waals surface area contributed by atoms with Crippen LogP contribution in [0.25, 0.3) is 119 Å². The fourth-order valence-corrected chi connectivity index (χ4v) is 12.1. The van der Waals surface area contributed by atoms with Crippen LogP contribution >= 0.6 is 22.7 Å². The molecule has 0 aliphatic rings. The van der Waals surface area contributed by atoms with Gasteiger partial charge in [0.25, 0.3) is 0 Å². The van der Waals surface area contributed by atoms with Gasteiger partial charge in [-0.05, 0) is 107 Å². The molecule has 10 aromatic carbocycles. The van der Waals surface area contributed by atoms with E-state index in [0.717, 1.165) is 59.9 Å². The van der Waals surface area contributed by atoms with E-state index < -0.39 is 0 Å². The molecule has 14 nitrogen and oxygen atoms in total. The number of carbonyl (C=O) groups is 4. The van der Waals surface area contributed by atoms with Crippen LogP contribution < -0.4 is 0 Å². The first-order valence-corrected chi connectivity index (χ1v) is 36.0. The number of aromatic nitrogens is 5. The van der Waals surface area contributed by atoms with Crippen molar-refractivity contribution in [2.24, 2.45) is 0 Å². The van der Waals surface area contributed by atoms with Crippen molar-refractivity contribution in [3.05, 3.63) is 357 Å². The summed E-state index contributed by atoms with van der Waals surface area (Å²) in [6.07, 6.45) is 10.1. The van der Waals surface area contributed by atoms with E-state index in [1.165, 1.54) is 122 Å². The number of benzene rings is 10. The number of para-hydroxylation sites is 3. The minimum absolute atomic E-state index is 0. The Hall–Kier alpha value is -10.2. The van der Waals surface area contributed by atoms with Crippen molar-refractivity contribution in [1.82, 2.24) is 24.9 Å². The fraction of sp³-hybridized carbons (Fsp3) is 0.0860. The Morgan fingerprint density at radius 2 is 0.791 bits per heavy atom. The second kappa shape index (κ2) is 52.3. The number of hydrogen-bond donors (Lipinski definition) is 4. The molecule has 0 aliphatic heterocycles. The third-order valence-electron chi connectivity index (χ3n) is 14.6. The number of rotatable bonds is 9. The molecule has 0 atom stereocenters. The number of carbonyl (C=O) groups excluding carboxylic acids is 4. The summed E-state index contributed by atoms with van der Waals surface area (Å²) in [5.74, 6) is -0.367. The summed E-state index contributed by atoms with van der Waals surface area (Å²) in [7, 11) is 0. The average Bonchev–Trinajstić information content (AvgIpc) is 1.73. The van der Waals surface area contributed by atoms with Gasteiger partial charge in [-0.25, -0.2) is 11.3 Å². The van der Waals surface area contributed by atoms with Crippen LogP contribution in [-0.2, 0) is 120 Å². The largest absolute Gasteiger partial charge is 0.512 e. The predicted molar refractivity (Wildman–Crippen MR) is 444 cm³/mol. The summed E-state index contributed by atoms with van der Waals surface area (Å²) in [6.45, 7) is 11.4.